The number of rotatable bonds is 2. The molecule has 0 N–H and O–H groups in total. The number of halogens is 5. The van der Waals surface area contributed by atoms with Crippen molar-refractivity contribution in [3.63, 3.8) is 0 Å². The quantitative estimate of drug-likeness (QED) is 0.618. The van der Waals surface area contributed by atoms with Gasteiger partial charge >= 0.3 is 6.18 Å². The van der Waals surface area contributed by atoms with Gasteiger partial charge in [-0.05, 0) is 41.0 Å². The van der Waals surface area contributed by atoms with Crippen LogP contribution in [-0.4, -0.2) is 0 Å². The third kappa shape index (κ3) is 3.23. The van der Waals surface area contributed by atoms with Crippen LogP contribution < -0.4 is 0 Å². The SMILES string of the molecule is FC(F)(F)c1ccc(-c2ccc(Cl)c(CCl)c2)cc1. The van der Waals surface area contributed by atoms with Gasteiger partial charge < -0.3 is 0 Å². The molecule has 0 spiro atoms. The van der Waals surface area contributed by atoms with Gasteiger partial charge in [0, 0.05) is 10.9 Å². The lowest BCUT2D eigenvalue weighted by Gasteiger charge is -2.09. The van der Waals surface area contributed by atoms with Gasteiger partial charge in [-0.3, -0.25) is 0 Å². The molecule has 0 aromatic heterocycles. The first-order valence-electron chi connectivity index (χ1n) is 5.44. The molecule has 0 saturated carbocycles. The molecule has 0 heterocycles. The van der Waals surface area contributed by atoms with Gasteiger partial charge in [0.1, 0.15) is 0 Å². The van der Waals surface area contributed by atoms with Crippen LogP contribution in [0.5, 0.6) is 0 Å². The van der Waals surface area contributed by atoms with Crippen molar-refractivity contribution in [1.29, 1.82) is 0 Å². The lowest BCUT2D eigenvalue weighted by molar-refractivity contribution is -0.137. The zero-order chi connectivity index (χ0) is 14.0. The normalized spacial score (nSPS) is 11.6. The Bertz CT molecular complexity index is 574. The summed E-state index contributed by atoms with van der Waals surface area (Å²) < 4.78 is 37.4. The van der Waals surface area contributed by atoms with E-state index in [9.17, 15) is 13.2 Å². The first-order valence-corrected chi connectivity index (χ1v) is 6.35. The number of alkyl halides is 4. The van der Waals surface area contributed by atoms with E-state index in [-0.39, 0.29) is 5.88 Å². The Labute approximate surface area is 118 Å². The fourth-order valence-electron chi connectivity index (χ4n) is 1.71. The molecule has 0 nitrogen and oxygen atoms in total. The second kappa shape index (κ2) is 5.43. The third-order valence-corrected chi connectivity index (χ3v) is 3.39. The van der Waals surface area contributed by atoms with E-state index in [0.29, 0.717) is 10.6 Å². The molecule has 2 aromatic carbocycles. The van der Waals surface area contributed by atoms with Gasteiger partial charge in [-0.15, -0.1) is 11.6 Å². The zero-order valence-corrected chi connectivity index (χ0v) is 11.2. The summed E-state index contributed by atoms with van der Waals surface area (Å²) in [4.78, 5) is 0. The summed E-state index contributed by atoms with van der Waals surface area (Å²) in [6, 6.07) is 10.2. The Morgan fingerprint density at radius 2 is 1.47 bits per heavy atom. The van der Waals surface area contributed by atoms with E-state index < -0.39 is 11.7 Å². The molecule has 0 unspecified atom stereocenters. The van der Waals surface area contributed by atoms with Crippen LogP contribution in [0.4, 0.5) is 13.2 Å². The average molecular weight is 305 g/mol. The van der Waals surface area contributed by atoms with Gasteiger partial charge in [0.15, 0.2) is 0 Å². The Morgan fingerprint density at radius 1 is 0.895 bits per heavy atom. The maximum Gasteiger partial charge on any atom is 0.416 e. The van der Waals surface area contributed by atoms with Crippen LogP contribution in [0.25, 0.3) is 11.1 Å². The predicted molar refractivity (Wildman–Crippen MR) is 71.4 cm³/mol. The summed E-state index contributed by atoms with van der Waals surface area (Å²) in [5.74, 6) is 0.257. The van der Waals surface area contributed by atoms with Gasteiger partial charge in [-0.1, -0.05) is 29.8 Å². The Morgan fingerprint density at radius 3 is 2.00 bits per heavy atom. The maximum absolute atomic E-state index is 12.5. The van der Waals surface area contributed by atoms with E-state index in [0.717, 1.165) is 23.3 Å². The fraction of sp³-hybridized carbons (Fsp3) is 0.143. The number of hydrogen-bond acceptors (Lipinski definition) is 0. The smallest absolute Gasteiger partial charge is 0.166 e. The highest BCUT2D eigenvalue weighted by molar-refractivity contribution is 6.32. The van der Waals surface area contributed by atoms with Crippen molar-refractivity contribution in [3.05, 3.63) is 58.6 Å². The molecule has 0 atom stereocenters. The van der Waals surface area contributed by atoms with E-state index in [1.54, 1.807) is 18.2 Å². The first-order chi connectivity index (χ1) is 8.91. The van der Waals surface area contributed by atoms with Crippen molar-refractivity contribution in [2.75, 3.05) is 0 Å². The van der Waals surface area contributed by atoms with Crippen molar-refractivity contribution >= 4 is 23.2 Å². The topological polar surface area (TPSA) is 0 Å². The van der Waals surface area contributed by atoms with E-state index in [1.165, 1.54) is 12.1 Å². The van der Waals surface area contributed by atoms with E-state index in [4.69, 9.17) is 23.2 Å². The van der Waals surface area contributed by atoms with Gasteiger partial charge in [-0.25, -0.2) is 0 Å². The van der Waals surface area contributed by atoms with Crippen molar-refractivity contribution in [3.8, 4) is 11.1 Å². The number of benzene rings is 2. The first kappa shape index (κ1) is 14.2. The highest BCUT2D eigenvalue weighted by Gasteiger charge is 2.29. The number of hydrogen-bond donors (Lipinski definition) is 0. The van der Waals surface area contributed by atoms with E-state index in [2.05, 4.69) is 0 Å². The largest absolute Gasteiger partial charge is 0.416 e. The molecule has 0 aliphatic carbocycles. The van der Waals surface area contributed by atoms with Gasteiger partial charge in [0.05, 0.1) is 5.56 Å². The van der Waals surface area contributed by atoms with Gasteiger partial charge in [0.2, 0.25) is 0 Å². The molecule has 0 saturated heterocycles. The summed E-state index contributed by atoms with van der Waals surface area (Å²) in [5.41, 5.74) is 1.56. The summed E-state index contributed by atoms with van der Waals surface area (Å²) >= 11 is 11.7. The minimum Gasteiger partial charge on any atom is -0.166 e. The minimum absolute atomic E-state index is 0.257. The van der Waals surface area contributed by atoms with Crippen LogP contribution in [0.3, 0.4) is 0 Å². The lowest BCUT2D eigenvalue weighted by Crippen LogP contribution is -2.03. The maximum atomic E-state index is 12.5. The standard InChI is InChI=1S/C14H9Cl2F3/c15-8-11-7-10(3-6-13(11)16)9-1-4-12(5-2-9)14(17,18)19/h1-7H,8H2. The van der Waals surface area contributed by atoms with Gasteiger partial charge in [0.25, 0.3) is 0 Å². The molecule has 19 heavy (non-hydrogen) atoms. The second-order valence-electron chi connectivity index (χ2n) is 4.01. The molecular weight excluding hydrogens is 296 g/mol. The highest BCUT2D eigenvalue weighted by atomic mass is 35.5. The molecule has 0 amide bonds. The second-order valence-corrected chi connectivity index (χ2v) is 4.69. The Balaban J connectivity index is 2.37. The molecule has 0 radical (unpaired) electrons. The molecule has 0 bridgehead atoms. The molecule has 2 rings (SSSR count). The molecule has 100 valence electrons. The van der Waals surface area contributed by atoms with Crippen molar-refractivity contribution in [2.45, 2.75) is 12.1 Å². The summed E-state index contributed by atoms with van der Waals surface area (Å²) in [7, 11) is 0. The molecule has 0 aliphatic rings. The predicted octanol–water partition coefficient (Wildman–Crippen LogP) is 5.76. The van der Waals surface area contributed by atoms with Crippen LogP contribution in [0.15, 0.2) is 42.5 Å². The molecular formula is C14H9Cl2F3. The summed E-state index contributed by atoms with van der Waals surface area (Å²) in [6.07, 6.45) is -4.32. The molecule has 5 heteroatoms. The van der Waals surface area contributed by atoms with Crippen LogP contribution in [0, 0.1) is 0 Å². The monoisotopic (exact) mass is 304 g/mol. The lowest BCUT2D eigenvalue weighted by atomic mass is 10.0. The van der Waals surface area contributed by atoms with Gasteiger partial charge in [-0.2, -0.15) is 13.2 Å². The summed E-state index contributed by atoms with van der Waals surface area (Å²) in [6.45, 7) is 0. The molecule has 0 aliphatic heterocycles. The molecule has 0 fully saturated rings. The van der Waals surface area contributed by atoms with Crippen molar-refractivity contribution in [1.82, 2.24) is 0 Å². The van der Waals surface area contributed by atoms with Crippen LogP contribution in [-0.2, 0) is 12.1 Å². The van der Waals surface area contributed by atoms with Crippen molar-refractivity contribution < 1.29 is 13.2 Å². The third-order valence-electron chi connectivity index (χ3n) is 2.74. The minimum atomic E-state index is -4.32. The van der Waals surface area contributed by atoms with Crippen LogP contribution >= 0.6 is 23.2 Å². The fourth-order valence-corrected chi connectivity index (χ4v) is 2.18. The Kier molecular flexibility index (Phi) is 4.07. The van der Waals surface area contributed by atoms with E-state index >= 15 is 0 Å². The summed E-state index contributed by atoms with van der Waals surface area (Å²) in [5, 5.41) is 0.547. The Hall–Kier alpha value is -1.19. The van der Waals surface area contributed by atoms with Crippen LogP contribution in [0.1, 0.15) is 11.1 Å². The molecule has 2 aromatic rings. The average Bonchev–Trinajstić information content (AvgIpc) is 2.38. The van der Waals surface area contributed by atoms with Crippen molar-refractivity contribution in [2.24, 2.45) is 0 Å². The van der Waals surface area contributed by atoms with Crippen LogP contribution in [0.2, 0.25) is 5.02 Å². The highest BCUT2D eigenvalue weighted by Crippen LogP contribution is 2.32. The zero-order valence-electron chi connectivity index (χ0n) is 9.64. The van der Waals surface area contributed by atoms with E-state index in [1.807, 2.05) is 0 Å².